The molecule has 3 heteroatoms. The fraction of sp³-hybridized carbons (Fsp3) is 0.909. The molecular formula is C22H37NOS. The summed E-state index contributed by atoms with van der Waals surface area (Å²) in [5.74, 6) is 3.61. The van der Waals surface area contributed by atoms with Crippen LogP contribution in [0.2, 0.25) is 0 Å². The number of aliphatic hydroxyl groups excluding tert-OH is 1. The molecule has 0 aromatic rings. The molecular weight excluding hydrogens is 326 g/mol. The Labute approximate surface area is 159 Å². The molecule has 0 saturated heterocycles. The second-order valence-electron chi connectivity index (χ2n) is 9.86. The number of allylic oxidation sites excluding steroid dienone is 1. The molecule has 0 spiro atoms. The van der Waals surface area contributed by atoms with E-state index in [0.717, 1.165) is 42.9 Å². The number of aliphatic hydroxyl groups is 1. The van der Waals surface area contributed by atoms with Crippen LogP contribution in [0.1, 0.15) is 71.6 Å². The molecule has 0 aromatic carbocycles. The van der Waals surface area contributed by atoms with E-state index in [9.17, 15) is 5.11 Å². The SMILES string of the molecule is C[C@]12CC[C@H](O)CC1=CCC1C2CC[C@@]2(C)C1CC[C@@H]2NCCCS. The molecule has 4 rings (SSSR count). The van der Waals surface area contributed by atoms with Gasteiger partial charge >= 0.3 is 0 Å². The van der Waals surface area contributed by atoms with Gasteiger partial charge in [-0.25, -0.2) is 0 Å². The van der Waals surface area contributed by atoms with Gasteiger partial charge in [-0.2, -0.15) is 12.6 Å². The average Bonchev–Trinajstić information content (AvgIpc) is 2.92. The van der Waals surface area contributed by atoms with Gasteiger partial charge in [-0.3, -0.25) is 0 Å². The Morgan fingerprint density at radius 3 is 2.80 bits per heavy atom. The molecule has 0 radical (unpaired) electrons. The predicted molar refractivity (Wildman–Crippen MR) is 108 cm³/mol. The maximum absolute atomic E-state index is 10.1. The van der Waals surface area contributed by atoms with Gasteiger partial charge in [-0.05, 0) is 98.7 Å². The fourth-order valence-electron chi connectivity index (χ4n) is 7.33. The van der Waals surface area contributed by atoms with Crippen molar-refractivity contribution in [3.8, 4) is 0 Å². The van der Waals surface area contributed by atoms with Crippen LogP contribution in [0.25, 0.3) is 0 Å². The van der Waals surface area contributed by atoms with Crippen molar-refractivity contribution >= 4 is 12.6 Å². The lowest BCUT2D eigenvalue weighted by molar-refractivity contribution is -0.0433. The lowest BCUT2D eigenvalue weighted by Crippen LogP contribution is -2.53. The van der Waals surface area contributed by atoms with E-state index >= 15 is 0 Å². The maximum Gasteiger partial charge on any atom is 0.0577 e. The molecule has 7 atom stereocenters. The van der Waals surface area contributed by atoms with Crippen LogP contribution in [0.3, 0.4) is 0 Å². The van der Waals surface area contributed by atoms with Gasteiger partial charge in [-0.15, -0.1) is 0 Å². The van der Waals surface area contributed by atoms with E-state index in [2.05, 4.69) is 37.9 Å². The first-order valence-corrected chi connectivity index (χ1v) is 11.3. The third-order valence-electron chi connectivity index (χ3n) is 8.80. The third-order valence-corrected chi connectivity index (χ3v) is 9.12. The number of fused-ring (bicyclic) bond motifs is 5. The van der Waals surface area contributed by atoms with Crippen molar-refractivity contribution in [2.24, 2.45) is 28.6 Å². The van der Waals surface area contributed by atoms with Gasteiger partial charge in [-0.1, -0.05) is 25.5 Å². The van der Waals surface area contributed by atoms with Gasteiger partial charge < -0.3 is 10.4 Å². The van der Waals surface area contributed by atoms with Crippen LogP contribution < -0.4 is 5.32 Å². The first-order chi connectivity index (χ1) is 12.0. The Morgan fingerprint density at radius 1 is 1.16 bits per heavy atom. The highest BCUT2D eigenvalue weighted by Gasteiger charge is 2.58. The van der Waals surface area contributed by atoms with Gasteiger partial charge in [0.1, 0.15) is 0 Å². The average molecular weight is 364 g/mol. The zero-order valence-corrected chi connectivity index (χ0v) is 17.0. The summed E-state index contributed by atoms with van der Waals surface area (Å²) in [7, 11) is 0. The van der Waals surface area contributed by atoms with Gasteiger partial charge in [0.05, 0.1) is 6.10 Å². The molecule has 3 unspecified atom stereocenters. The van der Waals surface area contributed by atoms with E-state index in [0.29, 0.717) is 16.9 Å². The van der Waals surface area contributed by atoms with Crippen molar-refractivity contribution in [3.05, 3.63) is 11.6 Å². The molecule has 0 amide bonds. The second kappa shape index (κ2) is 6.87. The molecule has 0 heterocycles. The van der Waals surface area contributed by atoms with Crippen molar-refractivity contribution in [2.45, 2.75) is 83.8 Å². The molecule has 0 aromatic heterocycles. The standard InChI is InChI=1S/C22H37NOS/c1-21-10-8-16(24)14-15(21)4-5-17-18-6-7-20(23-12-3-13-25)22(18,2)11-9-19(17)21/h4,16-20,23-25H,3,5-14H2,1-2H3/t16-,17?,18?,19?,20-,21-,22-/m0/s1. The summed E-state index contributed by atoms with van der Waals surface area (Å²) >= 11 is 4.37. The Hall–Kier alpha value is 0.01000. The molecule has 4 aliphatic rings. The van der Waals surface area contributed by atoms with E-state index < -0.39 is 0 Å². The summed E-state index contributed by atoms with van der Waals surface area (Å²) in [5.41, 5.74) is 2.46. The molecule has 142 valence electrons. The van der Waals surface area contributed by atoms with Crippen LogP contribution in [-0.2, 0) is 0 Å². The minimum Gasteiger partial charge on any atom is -0.393 e. The van der Waals surface area contributed by atoms with E-state index in [-0.39, 0.29) is 6.10 Å². The van der Waals surface area contributed by atoms with Crippen LogP contribution in [0.15, 0.2) is 11.6 Å². The minimum atomic E-state index is -0.0865. The highest BCUT2D eigenvalue weighted by molar-refractivity contribution is 7.80. The first-order valence-electron chi connectivity index (χ1n) is 10.7. The maximum atomic E-state index is 10.1. The van der Waals surface area contributed by atoms with Crippen LogP contribution in [-0.4, -0.2) is 29.5 Å². The molecule has 0 aliphatic heterocycles. The third kappa shape index (κ3) is 2.93. The Kier molecular flexibility index (Phi) is 5.05. The summed E-state index contributed by atoms with van der Waals surface area (Å²) in [5, 5.41) is 14.0. The number of nitrogens with one attached hydrogen (secondary N) is 1. The van der Waals surface area contributed by atoms with E-state index in [1.54, 1.807) is 5.57 Å². The fourth-order valence-corrected chi connectivity index (χ4v) is 7.49. The molecule has 2 N–H and O–H groups in total. The monoisotopic (exact) mass is 363 g/mol. The number of hydrogen-bond acceptors (Lipinski definition) is 3. The molecule has 3 saturated carbocycles. The van der Waals surface area contributed by atoms with E-state index in [1.807, 2.05) is 0 Å². The Morgan fingerprint density at radius 2 is 2.00 bits per heavy atom. The number of thiol groups is 1. The predicted octanol–water partition coefficient (Wildman–Crippen LogP) is 4.59. The van der Waals surface area contributed by atoms with Gasteiger partial charge in [0.15, 0.2) is 0 Å². The van der Waals surface area contributed by atoms with E-state index in [4.69, 9.17) is 0 Å². The normalized spacial score (nSPS) is 49.1. The highest BCUT2D eigenvalue weighted by Crippen LogP contribution is 2.64. The summed E-state index contributed by atoms with van der Waals surface area (Å²) in [6, 6.07) is 0.713. The molecule has 3 fully saturated rings. The first kappa shape index (κ1) is 18.4. The zero-order valence-electron chi connectivity index (χ0n) is 16.1. The quantitative estimate of drug-likeness (QED) is 0.388. The van der Waals surface area contributed by atoms with Crippen LogP contribution >= 0.6 is 12.6 Å². The Bertz CT molecular complexity index is 534. The highest BCUT2D eigenvalue weighted by atomic mass is 32.1. The Balaban J connectivity index is 1.54. The second-order valence-corrected chi connectivity index (χ2v) is 10.3. The van der Waals surface area contributed by atoms with Crippen molar-refractivity contribution in [3.63, 3.8) is 0 Å². The van der Waals surface area contributed by atoms with Crippen LogP contribution in [0.4, 0.5) is 0 Å². The van der Waals surface area contributed by atoms with Crippen molar-refractivity contribution in [1.29, 1.82) is 0 Å². The summed E-state index contributed by atoms with van der Waals surface area (Å²) < 4.78 is 0. The zero-order chi connectivity index (χ0) is 17.7. The van der Waals surface area contributed by atoms with Crippen LogP contribution in [0.5, 0.6) is 0 Å². The molecule has 25 heavy (non-hydrogen) atoms. The van der Waals surface area contributed by atoms with E-state index in [1.165, 1.54) is 44.9 Å². The van der Waals surface area contributed by atoms with Crippen molar-refractivity contribution in [1.82, 2.24) is 5.32 Å². The molecule has 0 bridgehead atoms. The molecule has 2 nitrogen and oxygen atoms in total. The lowest BCUT2D eigenvalue weighted by Gasteiger charge is -2.58. The summed E-state index contributed by atoms with van der Waals surface area (Å²) in [6.45, 7) is 6.25. The van der Waals surface area contributed by atoms with Gasteiger partial charge in [0.2, 0.25) is 0 Å². The smallest absolute Gasteiger partial charge is 0.0577 e. The lowest BCUT2D eigenvalue weighted by atomic mass is 9.48. The van der Waals surface area contributed by atoms with Gasteiger partial charge in [0.25, 0.3) is 0 Å². The topological polar surface area (TPSA) is 32.3 Å². The molecule has 4 aliphatic carbocycles. The van der Waals surface area contributed by atoms with Crippen LogP contribution in [0, 0.1) is 28.6 Å². The number of rotatable bonds is 4. The summed E-state index contributed by atoms with van der Waals surface area (Å²) in [4.78, 5) is 0. The van der Waals surface area contributed by atoms with Crippen molar-refractivity contribution < 1.29 is 5.11 Å². The van der Waals surface area contributed by atoms with Gasteiger partial charge in [0, 0.05) is 6.04 Å². The largest absolute Gasteiger partial charge is 0.393 e. The van der Waals surface area contributed by atoms with Crippen molar-refractivity contribution in [2.75, 3.05) is 12.3 Å². The number of hydrogen-bond donors (Lipinski definition) is 3. The minimum absolute atomic E-state index is 0.0865. The summed E-state index contributed by atoms with van der Waals surface area (Å²) in [6.07, 6.45) is 13.6.